The summed E-state index contributed by atoms with van der Waals surface area (Å²) in [6.07, 6.45) is 1.30. The van der Waals surface area contributed by atoms with Crippen molar-refractivity contribution in [2.75, 3.05) is 39.3 Å². The molecule has 1 aromatic carbocycles. The van der Waals surface area contributed by atoms with Crippen LogP contribution in [-0.4, -0.2) is 61.1 Å². The molecule has 23 heavy (non-hydrogen) atoms. The van der Waals surface area contributed by atoms with E-state index in [1.807, 2.05) is 43.0 Å². The van der Waals surface area contributed by atoms with Crippen LogP contribution < -0.4 is 10.5 Å². The van der Waals surface area contributed by atoms with Crippen molar-refractivity contribution >= 4 is 5.91 Å². The molecule has 2 N–H and O–H groups in total. The number of aryl methyl sites for hydroxylation is 1. The summed E-state index contributed by atoms with van der Waals surface area (Å²) in [6.45, 7) is 9.18. The summed E-state index contributed by atoms with van der Waals surface area (Å²) in [5.41, 5.74) is 6.74. The quantitative estimate of drug-likeness (QED) is 0.830. The van der Waals surface area contributed by atoms with Gasteiger partial charge in [0.15, 0.2) is 6.10 Å². The first-order valence-electron chi connectivity index (χ1n) is 8.58. The van der Waals surface area contributed by atoms with Crippen LogP contribution >= 0.6 is 0 Å². The van der Waals surface area contributed by atoms with Gasteiger partial charge in [0.2, 0.25) is 0 Å². The Labute approximate surface area is 139 Å². The molecule has 1 saturated heterocycles. The van der Waals surface area contributed by atoms with E-state index < -0.39 is 6.10 Å². The standard InChI is InChI=1S/C18H29N3O2/c1-3-17(23-16-7-5-15(2)6-8-16)18(22)21-13-11-20(12-14-21)10-4-9-19/h5-8,17H,3-4,9-14,19H2,1-2H3. The predicted molar refractivity (Wildman–Crippen MR) is 92.6 cm³/mol. The van der Waals surface area contributed by atoms with Crippen LogP contribution in [0.25, 0.3) is 0 Å². The second-order valence-electron chi connectivity index (χ2n) is 6.14. The molecule has 0 bridgehead atoms. The zero-order chi connectivity index (χ0) is 16.7. The number of carbonyl (C=O) groups is 1. The lowest BCUT2D eigenvalue weighted by Crippen LogP contribution is -2.52. The molecular weight excluding hydrogens is 290 g/mol. The molecule has 128 valence electrons. The second kappa shape index (κ2) is 8.89. The molecule has 0 saturated carbocycles. The highest BCUT2D eigenvalue weighted by Crippen LogP contribution is 2.16. The van der Waals surface area contributed by atoms with Crippen LogP contribution in [0, 0.1) is 6.92 Å². The molecule has 1 aromatic rings. The van der Waals surface area contributed by atoms with Crippen molar-refractivity contribution in [3.05, 3.63) is 29.8 Å². The van der Waals surface area contributed by atoms with E-state index >= 15 is 0 Å². The number of carbonyl (C=O) groups excluding carboxylic acids is 1. The van der Waals surface area contributed by atoms with Crippen LogP contribution in [0.3, 0.4) is 0 Å². The Hall–Kier alpha value is -1.59. The molecule has 0 radical (unpaired) electrons. The van der Waals surface area contributed by atoms with Gasteiger partial charge < -0.3 is 15.4 Å². The topological polar surface area (TPSA) is 58.8 Å². The van der Waals surface area contributed by atoms with Gasteiger partial charge in [0.05, 0.1) is 0 Å². The first kappa shape index (κ1) is 17.8. The first-order valence-corrected chi connectivity index (χ1v) is 8.58. The summed E-state index contributed by atoms with van der Waals surface area (Å²) < 4.78 is 5.90. The van der Waals surface area contributed by atoms with Gasteiger partial charge in [0.1, 0.15) is 5.75 Å². The second-order valence-corrected chi connectivity index (χ2v) is 6.14. The number of amides is 1. The van der Waals surface area contributed by atoms with E-state index in [1.165, 1.54) is 5.56 Å². The normalized spacial score (nSPS) is 17.1. The molecule has 1 unspecified atom stereocenters. The number of nitrogens with two attached hydrogens (primary N) is 1. The molecule has 5 heteroatoms. The summed E-state index contributed by atoms with van der Waals surface area (Å²) in [5.74, 6) is 0.865. The fourth-order valence-electron chi connectivity index (χ4n) is 2.80. The number of rotatable bonds is 7. The van der Waals surface area contributed by atoms with Crippen LogP contribution in [0.15, 0.2) is 24.3 Å². The molecule has 0 spiro atoms. The minimum Gasteiger partial charge on any atom is -0.481 e. The van der Waals surface area contributed by atoms with Gasteiger partial charge in [-0.3, -0.25) is 9.69 Å². The molecular formula is C18H29N3O2. The van der Waals surface area contributed by atoms with Gasteiger partial charge in [-0.15, -0.1) is 0 Å². The maximum atomic E-state index is 12.7. The Morgan fingerprint density at radius 2 is 1.87 bits per heavy atom. The lowest BCUT2D eigenvalue weighted by atomic mass is 10.2. The Bertz CT molecular complexity index is 482. The van der Waals surface area contributed by atoms with Gasteiger partial charge in [-0.05, 0) is 45.0 Å². The summed E-state index contributed by atoms with van der Waals surface area (Å²) >= 11 is 0. The Balaban J connectivity index is 1.86. The minimum absolute atomic E-state index is 0.103. The average molecular weight is 319 g/mol. The van der Waals surface area contributed by atoms with E-state index in [0.29, 0.717) is 6.42 Å². The third kappa shape index (κ3) is 5.22. The van der Waals surface area contributed by atoms with Crippen molar-refractivity contribution in [2.24, 2.45) is 5.73 Å². The van der Waals surface area contributed by atoms with E-state index in [0.717, 1.165) is 51.4 Å². The third-order valence-electron chi connectivity index (χ3n) is 4.31. The zero-order valence-corrected chi connectivity index (χ0v) is 14.3. The highest BCUT2D eigenvalue weighted by atomic mass is 16.5. The number of benzene rings is 1. The van der Waals surface area contributed by atoms with E-state index in [9.17, 15) is 4.79 Å². The van der Waals surface area contributed by atoms with Crippen LogP contribution in [0.2, 0.25) is 0 Å². The summed E-state index contributed by atoms with van der Waals surface area (Å²) in [5, 5.41) is 0. The van der Waals surface area contributed by atoms with Gasteiger partial charge >= 0.3 is 0 Å². The zero-order valence-electron chi connectivity index (χ0n) is 14.3. The van der Waals surface area contributed by atoms with Crippen molar-refractivity contribution < 1.29 is 9.53 Å². The number of hydrogen-bond donors (Lipinski definition) is 1. The van der Waals surface area contributed by atoms with Gasteiger partial charge in [-0.2, -0.15) is 0 Å². The van der Waals surface area contributed by atoms with Gasteiger partial charge in [-0.1, -0.05) is 24.6 Å². The molecule has 1 aliphatic heterocycles. The van der Waals surface area contributed by atoms with Gasteiger partial charge in [0.25, 0.3) is 5.91 Å². The smallest absolute Gasteiger partial charge is 0.263 e. The minimum atomic E-state index is -0.395. The van der Waals surface area contributed by atoms with Crippen molar-refractivity contribution in [3.8, 4) is 5.75 Å². The van der Waals surface area contributed by atoms with Crippen molar-refractivity contribution in [1.82, 2.24) is 9.80 Å². The molecule has 2 rings (SSSR count). The maximum absolute atomic E-state index is 12.7. The molecule has 5 nitrogen and oxygen atoms in total. The molecule has 1 atom stereocenters. The number of piperazine rings is 1. The monoisotopic (exact) mass is 319 g/mol. The lowest BCUT2D eigenvalue weighted by Gasteiger charge is -2.36. The lowest BCUT2D eigenvalue weighted by molar-refractivity contribution is -0.140. The van der Waals surface area contributed by atoms with Crippen molar-refractivity contribution in [1.29, 1.82) is 0 Å². The van der Waals surface area contributed by atoms with Crippen LogP contribution in [0.1, 0.15) is 25.3 Å². The highest BCUT2D eigenvalue weighted by molar-refractivity contribution is 5.81. The first-order chi connectivity index (χ1) is 11.1. The van der Waals surface area contributed by atoms with Crippen molar-refractivity contribution in [2.45, 2.75) is 32.8 Å². The SMILES string of the molecule is CCC(Oc1ccc(C)cc1)C(=O)N1CCN(CCCN)CC1. The van der Waals surface area contributed by atoms with Gasteiger partial charge in [0, 0.05) is 26.2 Å². The summed E-state index contributed by atoms with van der Waals surface area (Å²) in [4.78, 5) is 17.0. The van der Waals surface area contributed by atoms with Crippen LogP contribution in [0.4, 0.5) is 0 Å². The van der Waals surface area contributed by atoms with Crippen LogP contribution in [-0.2, 0) is 4.79 Å². The predicted octanol–water partition coefficient (Wildman–Crippen LogP) is 1.65. The maximum Gasteiger partial charge on any atom is 0.263 e. The molecule has 0 aromatic heterocycles. The van der Waals surface area contributed by atoms with E-state index in [1.54, 1.807) is 0 Å². The van der Waals surface area contributed by atoms with E-state index in [4.69, 9.17) is 10.5 Å². The molecule has 1 fully saturated rings. The Kier molecular flexibility index (Phi) is 6.86. The van der Waals surface area contributed by atoms with Crippen molar-refractivity contribution in [3.63, 3.8) is 0 Å². The molecule has 1 heterocycles. The Morgan fingerprint density at radius 1 is 1.22 bits per heavy atom. The van der Waals surface area contributed by atoms with E-state index in [-0.39, 0.29) is 5.91 Å². The molecule has 1 aliphatic rings. The van der Waals surface area contributed by atoms with E-state index in [2.05, 4.69) is 4.90 Å². The summed E-state index contributed by atoms with van der Waals surface area (Å²) in [7, 11) is 0. The number of nitrogens with zero attached hydrogens (tertiary/aromatic N) is 2. The van der Waals surface area contributed by atoms with Crippen LogP contribution in [0.5, 0.6) is 5.75 Å². The highest BCUT2D eigenvalue weighted by Gasteiger charge is 2.27. The largest absolute Gasteiger partial charge is 0.481 e. The number of ether oxygens (including phenoxy) is 1. The third-order valence-corrected chi connectivity index (χ3v) is 4.31. The summed E-state index contributed by atoms with van der Waals surface area (Å²) in [6, 6.07) is 7.86. The average Bonchev–Trinajstić information content (AvgIpc) is 2.59. The molecule has 1 amide bonds. The van der Waals surface area contributed by atoms with Gasteiger partial charge in [-0.25, -0.2) is 0 Å². The fourth-order valence-corrected chi connectivity index (χ4v) is 2.80. The molecule has 0 aliphatic carbocycles. The fraction of sp³-hybridized carbons (Fsp3) is 0.611. The number of hydrogen-bond acceptors (Lipinski definition) is 4. The Morgan fingerprint density at radius 3 is 2.43 bits per heavy atom.